The normalized spacial score (nSPS) is 10.5. The Morgan fingerprint density at radius 2 is 1.71 bits per heavy atom. The van der Waals surface area contributed by atoms with E-state index in [0.717, 1.165) is 6.08 Å². The number of hydrogen-bond acceptors (Lipinski definition) is 4. The molecule has 0 aliphatic carbocycles. The van der Waals surface area contributed by atoms with Crippen LogP contribution in [-0.4, -0.2) is 18.3 Å². The van der Waals surface area contributed by atoms with Gasteiger partial charge in [0.1, 0.15) is 5.75 Å². The van der Waals surface area contributed by atoms with Gasteiger partial charge in [0.2, 0.25) is 5.91 Å². The number of amides is 1. The number of carbonyl (C=O) groups is 2. The summed E-state index contributed by atoms with van der Waals surface area (Å²) in [6.45, 7) is 2.38. The van der Waals surface area contributed by atoms with Gasteiger partial charge in [-0.25, -0.2) is 0 Å². The molecule has 0 radical (unpaired) electrons. The quantitative estimate of drug-likeness (QED) is 0.323. The van der Waals surface area contributed by atoms with Crippen LogP contribution < -0.4 is 44.7 Å². The third-order valence-electron chi connectivity index (χ3n) is 2.97. The van der Waals surface area contributed by atoms with E-state index in [1.807, 2.05) is 6.92 Å². The number of hydrogen-bond donors (Lipinski definition) is 1. The first-order valence-corrected chi connectivity index (χ1v) is 7.12. The minimum Gasteiger partial charge on any atom is -0.869 e. The minimum absolute atomic E-state index is 0. The van der Waals surface area contributed by atoms with Crippen LogP contribution in [0.2, 0.25) is 0 Å². The largest absolute Gasteiger partial charge is 1.00 e. The van der Waals surface area contributed by atoms with Crippen molar-refractivity contribution >= 4 is 17.4 Å². The fourth-order valence-corrected chi connectivity index (χ4v) is 1.86. The molecule has 0 aromatic heterocycles. The van der Waals surface area contributed by atoms with E-state index >= 15 is 0 Å². The predicted molar refractivity (Wildman–Crippen MR) is 85.1 cm³/mol. The van der Waals surface area contributed by atoms with Crippen LogP contribution in [0, 0.1) is 0 Å². The average molecular weight is 333 g/mol. The smallest absolute Gasteiger partial charge is 0.869 e. The Balaban J connectivity index is 0.00000288. The Morgan fingerprint density at radius 1 is 1.08 bits per heavy atom. The summed E-state index contributed by atoms with van der Waals surface area (Å²) >= 11 is 0. The van der Waals surface area contributed by atoms with E-state index in [1.54, 1.807) is 54.6 Å². The molecule has 0 bridgehead atoms. The number of para-hydroxylation sites is 1. The molecule has 0 aliphatic heterocycles. The summed E-state index contributed by atoms with van der Waals surface area (Å²) in [7, 11) is 0. The van der Waals surface area contributed by atoms with Crippen molar-refractivity contribution in [1.29, 1.82) is 0 Å². The Labute approximate surface area is 162 Å². The van der Waals surface area contributed by atoms with E-state index < -0.39 is 17.4 Å². The van der Waals surface area contributed by atoms with Crippen molar-refractivity contribution < 1.29 is 49.0 Å². The summed E-state index contributed by atoms with van der Waals surface area (Å²) in [5, 5.41) is 14.2. The topological polar surface area (TPSA) is 78.5 Å². The monoisotopic (exact) mass is 333 g/mol. The molecule has 0 fully saturated rings. The number of anilines is 1. The number of nitrogens with one attached hydrogen (secondary N) is 1. The fourth-order valence-electron chi connectivity index (χ4n) is 1.86. The molecule has 0 heterocycles. The number of allylic oxidation sites excluding steroid dienone is 1. The zero-order chi connectivity index (χ0) is 16.7. The molecule has 0 atom stereocenters. The predicted octanol–water partition coefficient (Wildman–Crippen LogP) is -0.845. The minimum atomic E-state index is -0.896. The van der Waals surface area contributed by atoms with Crippen molar-refractivity contribution in [2.75, 3.05) is 11.9 Å². The Morgan fingerprint density at radius 3 is 2.29 bits per heavy atom. The van der Waals surface area contributed by atoms with Crippen LogP contribution in [-0.2, 0) is 4.79 Å². The van der Waals surface area contributed by atoms with Gasteiger partial charge in [0.15, 0.2) is 5.78 Å². The molecule has 6 heteroatoms. The van der Waals surface area contributed by atoms with E-state index in [2.05, 4.69) is 5.32 Å². The molecule has 0 unspecified atom stereocenters. The SMILES string of the molecule is CCOc1ccc(C(=O)/C=C(\[O-])C(=O)Nc2ccccc2)cc1.[Na+]. The van der Waals surface area contributed by atoms with Gasteiger partial charge in [-0.05, 0) is 55.2 Å². The van der Waals surface area contributed by atoms with Gasteiger partial charge in [-0.3, -0.25) is 9.59 Å². The zero-order valence-electron chi connectivity index (χ0n) is 13.6. The second kappa shape index (κ2) is 9.93. The van der Waals surface area contributed by atoms with E-state index in [4.69, 9.17) is 4.74 Å². The first-order chi connectivity index (χ1) is 11.1. The number of benzene rings is 2. The third-order valence-corrected chi connectivity index (χ3v) is 2.97. The zero-order valence-corrected chi connectivity index (χ0v) is 15.6. The molecule has 2 aromatic rings. The van der Waals surface area contributed by atoms with Crippen LogP contribution in [0.1, 0.15) is 17.3 Å². The summed E-state index contributed by atoms with van der Waals surface area (Å²) in [5.74, 6) is -1.64. The summed E-state index contributed by atoms with van der Waals surface area (Å²) in [6, 6.07) is 14.9. The standard InChI is InChI=1S/C18H17NO4.Na/c1-2-23-15-10-8-13(9-11-15)16(20)12-17(21)18(22)19-14-6-4-3-5-7-14;/h3-12,21H,2H2,1H3,(H,19,22);/q;+1/p-1/b17-12-;. The second-order valence-corrected chi connectivity index (χ2v) is 4.65. The van der Waals surface area contributed by atoms with Crippen molar-refractivity contribution in [1.82, 2.24) is 0 Å². The van der Waals surface area contributed by atoms with E-state index in [9.17, 15) is 14.7 Å². The fraction of sp³-hybridized carbons (Fsp3) is 0.111. The summed E-state index contributed by atoms with van der Waals surface area (Å²) in [5.41, 5.74) is 0.807. The van der Waals surface area contributed by atoms with Crippen LogP contribution >= 0.6 is 0 Å². The van der Waals surface area contributed by atoms with Crippen molar-refractivity contribution in [3.63, 3.8) is 0 Å². The molecule has 2 rings (SSSR count). The van der Waals surface area contributed by atoms with Gasteiger partial charge >= 0.3 is 29.6 Å². The van der Waals surface area contributed by atoms with Crippen LogP contribution in [0.25, 0.3) is 0 Å². The molecule has 118 valence electrons. The molecule has 0 saturated carbocycles. The number of ether oxygens (including phenoxy) is 1. The van der Waals surface area contributed by atoms with Gasteiger partial charge in [0, 0.05) is 11.3 Å². The molecule has 0 saturated heterocycles. The van der Waals surface area contributed by atoms with Crippen molar-refractivity contribution in [2.45, 2.75) is 6.92 Å². The second-order valence-electron chi connectivity index (χ2n) is 4.65. The third kappa shape index (κ3) is 5.85. The Kier molecular flexibility index (Phi) is 8.26. The first-order valence-electron chi connectivity index (χ1n) is 7.12. The molecule has 0 aliphatic rings. The first kappa shape index (κ1) is 20.0. The van der Waals surface area contributed by atoms with Crippen molar-refractivity contribution in [2.24, 2.45) is 0 Å². The maximum atomic E-state index is 12.0. The summed E-state index contributed by atoms with van der Waals surface area (Å²) in [4.78, 5) is 23.7. The maximum Gasteiger partial charge on any atom is 1.00 e. The van der Waals surface area contributed by atoms with E-state index in [1.165, 1.54) is 0 Å². The molecular formula is C18H16NNaO4. The van der Waals surface area contributed by atoms with Gasteiger partial charge < -0.3 is 15.2 Å². The maximum absolute atomic E-state index is 12.0. The average Bonchev–Trinajstić information content (AvgIpc) is 2.56. The summed E-state index contributed by atoms with van der Waals surface area (Å²) in [6.07, 6.45) is 0.786. The van der Waals surface area contributed by atoms with Gasteiger partial charge in [-0.1, -0.05) is 18.2 Å². The molecular weight excluding hydrogens is 317 g/mol. The molecule has 24 heavy (non-hydrogen) atoms. The molecule has 5 nitrogen and oxygen atoms in total. The van der Waals surface area contributed by atoms with Crippen LogP contribution in [0.3, 0.4) is 0 Å². The van der Waals surface area contributed by atoms with Gasteiger partial charge in [0.05, 0.1) is 6.61 Å². The molecule has 1 N–H and O–H groups in total. The number of rotatable bonds is 6. The summed E-state index contributed by atoms with van der Waals surface area (Å²) < 4.78 is 5.27. The van der Waals surface area contributed by atoms with E-state index in [0.29, 0.717) is 23.6 Å². The van der Waals surface area contributed by atoms with Crippen molar-refractivity contribution in [3.8, 4) is 5.75 Å². The molecule has 0 spiro atoms. The van der Waals surface area contributed by atoms with E-state index in [-0.39, 0.29) is 29.6 Å². The van der Waals surface area contributed by atoms with Crippen LogP contribution in [0.15, 0.2) is 66.4 Å². The number of ketones is 1. The molecule has 1 amide bonds. The van der Waals surface area contributed by atoms with Gasteiger partial charge in [-0.15, -0.1) is 0 Å². The van der Waals surface area contributed by atoms with Gasteiger partial charge in [-0.2, -0.15) is 0 Å². The van der Waals surface area contributed by atoms with Gasteiger partial charge in [0.25, 0.3) is 0 Å². The Bertz CT molecular complexity index is 712. The van der Waals surface area contributed by atoms with Crippen molar-refractivity contribution in [3.05, 3.63) is 72.0 Å². The van der Waals surface area contributed by atoms with Crippen LogP contribution in [0.5, 0.6) is 5.75 Å². The van der Waals surface area contributed by atoms with Crippen LogP contribution in [0.4, 0.5) is 5.69 Å². The number of carbonyl (C=O) groups excluding carboxylic acids is 2. The Hall–Kier alpha value is -2.08. The molecule has 2 aromatic carbocycles.